The van der Waals surface area contributed by atoms with E-state index in [1.807, 2.05) is 6.92 Å². The molecule has 24 heavy (non-hydrogen) atoms. The predicted octanol–water partition coefficient (Wildman–Crippen LogP) is 5.06. The van der Waals surface area contributed by atoms with E-state index in [0.717, 1.165) is 19.3 Å². The van der Waals surface area contributed by atoms with Crippen LogP contribution >= 0.6 is 0 Å². The molecule has 0 saturated carbocycles. The summed E-state index contributed by atoms with van der Waals surface area (Å²) in [5, 5.41) is 0. The highest BCUT2D eigenvalue weighted by Crippen LogP contribution is 2.37. The minimum atomic E-state index is 0.0724. The zero-order chi connectivity index (χ0) is 17.1. The highest BCUT2D eigenvalue weighted by Gasteiger charge is 2.32. The Labute approximate surface area is 145 Å². The largest absolute Gasteiger partial charge is 0.331 e. The van der Waals surface area contributed by atoms with Crippen molar-refractivity contribution in [2.45, 2.75) is 52.6 Å². The van der Waals surface area contributed by atoms with Crippen molar-refractivity contribution < 1.29 is 4.79 Å². The van der Waals surface area contributed by atoms with Crippen molar-refractivity contribution in [3.8, 4) is 0 Å². The van der Waals surface area contributed by atoms with Crippen LogP contribution in [0.15, 0.2) is 48.5 Å². The maximum Gasteiger partial charge on any atom is 0.226 e. The van der Waals surface area contributed by atoms with Crippen molar-refractivity contribution in [1.29, 1.82) is 0 Å². The van der Waals surface area contributed by atoms with Gasteiger partial charge in [-0.2, -0.15) is 0 Å². The summed E-state index contributed by atoms with van der Waals surface area (Å²) in [7, 11) is 0. The molecule has 2 aromatic carbocycles. The number of amides is 1. The first-order valence-corrected chi connectivity index (χ1v) is 9.04. The molecule has 1 aliphatic carbocycles. The lowest BCUT2D eigenvalue weighted by atomic mass is 10.0. The number of rotatable bonds is 5. The first-order chi connectivity index (χ1) is 11.6. The summed E-state index contributed by atoms with van der Waals surface area (Å²) in [6.07, 6.45) is 2.99. The van der Waals surface area contributed by atoms with E-state index in [1.165, 1.54) is 22.3 Å². The molecule has 3 rings (SSSR count). The second-order valence-electron chi connectivity index (χ2n) is 7.01. The lowest BCUT2D eigenvalue weighted by Crippen LogP contribution is -2.37. The van der Waals surface area contributed by atoms with Gasteiger partial charge in [-0.25, -0.2) is 0 Å². The van der Waals surface area contributed by atoms with Crippen molar-refractivity contribution in [3.63, 3.8) is 0 Å². The normalized spacial score (nSPS) is 17.4. The summed E-state index contributed by atoms with van der Waals surface area (Å²) in [5.74, 6) is 0.350. The summed E-state index contributed by atoms with van der Waals surface area (Å²) in [4.78, 5) is 15.2. The van der Waals surface area contributed by atoms with Crippen molar-refractivity contribution >= 4 is 5.91 Å². The van der Waals surface area contributed by atoms with E-state index in [4.69, 9.17) is 0 Å². The number of benzene rings is 2. The Hall–Kier alpha value is -2.09. The van der Waals surface area contributed by atoms with Crippen LogP contribution in [0.25, 0.3) is 0 Å². The fourth-order valence-electron chi connectivity index (χ4n) is 3.55. The molecule has 2 aromatic rings. The van der Waals surface area contributed by atoms with Gasteiger partial charge < -0.3 is 4.90 Å². The smallest absolute Gasteiger partial charge is 0.226 e. The fraction of sp³-hybridized carbons (Fsp3) is 0.409. The van der Waals surface area contributed by atoms with E-state index in [1.54, 1.807) is 0 Å². The number of hydrogen-bond donors (Lipinski definition) is 0. The number of hydrogen-bond acceptors (Lipinski definition) is 1. The number of aryl methyl sites for hydroxylation is 2. The first-order valence-electron chi connectivity index (χ1n) is 9.04. The third-order valence-corrected chi connectivity index (χ3v) is 5.27. The number of carbonyl (C=O) groups excluding carboxylic acids is 1. The molecule has 126 valence electrons. The number of nitrogens with zero attached hydrogens (tertiary/aromatic N) is 1. The van der Waals surface area contributed by atoms with Crippen molar-refractivity contribution in [1.82, 2.24) is 4.90 Å². The van der Waals surface area contributed by atoms with Gasteiger partial charge in [0.2, 0.25) is 5.91 Å². The molecule has 0 bridgehead atoms. The Morgan fingerprint density at radius 3 is 2.58 bits per heavy atom. The maximum absolute atomic E-state index is 13.1. The molecule has 0 spiro atoms. The van der Waals surface area contributed by atoms with Crippen LogP contribution in [0.2, 0.25) is 0 Å². The average Bonchev–Trinajstić information content (AvgIpc) is 3.04. The van der Waals surface area contributed by atoms with Crippen LogP contribution in [0, 0.1) is 12.8 Å². The molecule has 0 aliphatic heterocycles. The molecule has 0 radical (unpaired) electrons. The molecule has 0 heterocycles. The number of fused-ring (bicyclic) bond motifs is 1. The molecule has 0 N–H and O–H groups in total. The van der Waals surface area contributed by atoms with Crippen LogP contribution in [-0.4, -0.2) is 10.8 Å². The van der Waals surface area contributed by atoms with Gasteiger partial charge in [0.1, 0.15) is 0 Å². The van der Waals surface area contributed by atoms with Crippen LogP contribution in [0.1, 0.15) is 55.0 Å². The predicted molar refractivity (Wildman–Crippen MR) is 98.7 cm³/mol. The van der Waals surface area contributed by atoms with Gasteiger partial charge in [0.25, 0.3) is 0 Å². The zero-order valence-electron chi connectivity index (χ0n) is 15.0. The molecule has 0 saturated heterocycles. The minimum absolute atomic E-state index is 0.0724. The molecular formula is C22H27NO. The minimum Gasteiger partial charge on any atom is -0.331 e. The van der Waals surface area contributed by atoms with Crippen molar-refractivity contribution in [2.24, 2.45) is 5.92 Å². The van der Waals surface area contributed by atoms with Gasteiger partial charge in [0.05, 0.1) is 6.04 Å². The lowest BCUT2D eigenvalue weighted by molar-refractivity contribution is -0.138. The standard InChI is InChI=1S/C22H27NO/c1-4-17(3)22(24)23(15-18-11-9-16(2)10-12-18)21-14-13-19-7-5-6-8-20(19)21/h5-12,17,21H,4,13-15H2,1-3H3. The van der Waals surface area contributed by atoms with E-state index in [2.05, 4.69) is 67.3 Å². The van der Waals surface area contributed by atoms with Crippen LogP contribution in [0.4, 0.5) is 0 Å². The van der Waals surface area contributed by atoms with Gasteiger partial charge in [-0.05, 0) is 42.9 Å². The quantitative estimate of drug-likeness (QED) is 0.754. The summed E-state index contributed by atoms with van der Waals surface area (Å²) >= 11 is 0. The maximum atomic E-state index is 13.1. The molecule has 0 fully saturated rings. The lowest BCUT2D eigenvalue weighted by Gasteiger charge is -2.32. The average molecular weight is 321 g/mol. The Balaban J connectivity index is 1.91. The van der Waals surface area contributed by atoms with Gasteiger partial charge in [-0.1, -0.05) is 67.9 Å². The van der Waals surface area contributed by atoms with Crippen LogP contribution in [0.5, 0.6) is 0 Å². The van der Waals surface area contributed by atoms with Crippen LogP contribution in [0.3, 0.4) is 0 Å². The van der Waals surface area contributed by atoms with Gasteiger partial charge in [0, 0.05) is 12.5 Å². The summed E-state index contributed by atoms with van der Waals surface area (Å²) in [6, 6.07) is 17.3. The molecule has 2 heteroatoms. The second kappa shape index (κ2) is 7.21. The van der Waals surface area contributed by atoms with E-state index in [-0.39, 0.29) is 17.9 Å². The molecule has 1 aliphatic rings. The van der Waals surface area contributed by atoms with E-state index in [0.29, 0.717) is 6.54 Å². The fourth-order valence-corrected chi connectivity index (χ4v) is 3.55. The Morgan fingerprint density at radius 1 is 1.17 bits per heavy atom. The van der Waals surface area contributed by atoms with Crippen molar-refractivity contribution in [2.75, 3.05) is 0 Å². The topological polar surface area (TPSA) is 20.3 Å². The Morgan fingerprint density at radius 2 is 1.88 bits per heavy atom. The van der Waals surface area contributed by atoms with Crippen LogP contribution < -0.4 is 0 Å². The summed E-state index contributed by atoms with van der Waals surface area (Å²) in [6.45, 7) is 6.93. The Kier molecular flexibility index (Phi) is 5.03. The number of carbonyl (C=O) groups is 1. The first kappa shape index (κ1) is 16.8. The van der Waals surface area contributed by atoms with Crippen molar-refractivity contribution in [3.05, 3.63) is 70.8 Å². The van der Waals surface area contributed by atoms with Gasteiger partial charge >= 0.3 is 0 Å². The molecular weight excluding hydrogens is 294 g/mol. The van der Waals surface area contributed by atoms with Gasteiger partial charge in [-0.15, -0.1) is 0 Å². The van der Waals surface area contributed by atoms with Crippen LogP contribution in [-0.2, 0) is 17.8 Å². The molecule has 2 atom stereocenters. The zero-order valence-corrected chi connectivity index (χ0v) is 15.0. The summed E-state index contributed by atoms with van der Waals surface area (Å²) in [5.41, 5.74) is 5.20. The molecule has 2 unspecified atom stereocenters. The van der Waals surface area contributed by atoms with Gasteiger partial charge in [-0.3, -0.25) is 4.79 Å². The Bertz CT molecular complexity index is 704. The molecule has 1 amide bonds. The summed E-state index contributed by atoms with van der Waals surface area (Å²) < 4.78 is 0. The highest BCUT2D eigenvalue weighted by molar-refractivity contribution is 5.79. The monoisotopic (exact) mass is 321 g/mol. The second-order valence-corrected chi connectivity index (χ2v) is 7.01. The van der Waals surface area contributed by atoms with E-state index < -0.39 is 0 Å². The molecule has 2 nitrogen and oxygen atoms in total. The molecule has 0 aromatic heterocycles. The van der Waals surface area contributed by atoms with E-state index in [9.17, 15) is 4.79 Å². The third kappa shape index (κ3) is 3.38. The van der Waals surface area contributed by atoms with E-state index >= 15 is 0 Å². The van der Waals surface area contributed by atoms with Gasteiger partial charge in [0.15, 0.2) is 0 Å². The SMILES string of the molecule is CCC(C)C(=O)N(Cc1ccc(C)cc1)C1CCc2ccccc21. The third-order valence-electron chi connectivity index (χ3n) is 5.27. The highest BCUT2D eigenvalue weighted by atomic mass is 16.2.